The van der Waals surface area contributed by atoms with Gasteiger partial charge in [-0.3, -0.25) is 24.0 Å². The van der Waals surface area contributed by atoms with Crippen LogP contribution >= 0.6 is 0 Å². The molecule has 10 heteroatoms. The highest BCUT2D eigenvalue weighted by molar-refractivity contribution is 6.00. The van der Waals surface area contributed by atoms with Crippen molar-refractivity contribution in [3.05, 3.63) is 34.2 Å². The van der Waals surface area contributed by atoms with Gasteiger partial charge in [0.25, 0.3) is 0 Å². The third-order valence-electron chi connectivity index (χ3n) is 7.04. The van der Waals surface area contributed by atoms with E-state index >= 15 is 0 Å². The van der Waals surface area contributed by atoms with E-state index < -0.39 is 17.6 Å². The Bertz CT molecular complexity index is 1330. The second kappa shape index (κ2) is 11.4. The van der Waals surface area contributed by atoms with Crippen LogP contribution in [0.15, 0.2) is 23.0 Å². The van der Waals surface area contributed by atoms with E-state index in [1.54, 1.807) is 7.05 Å². The molecule has 0 spiro atoms. The number of imidazole rings is 1. The van der Waals surface area contributed by atoms with Crippen molar-refractivity contribution in [1.82, 2.24) is 24.7 Å². The van der Waals surface area contributed by atoms with Crippen LogP contribution < -0.4 is 16.3 Å². The summed E-state index contributed by atoms with van der Waals surface area (Å²) in [7, 11) is 1.68. The number of aromatic nitrogens is 2. The number of aryl methyl sites for hydroxylation is 1. The van der Waals surface area contributed by atoms with Crippen molar-refractivity contribution < 1.29 is 19.1 Å². The third kappa shape index (κ3) is 6.64. The lowest BCUT2D eigenvalue weighted by atomic mass is 9.97. The highest BCUT2D eigenvalue weighted by atomic mass is 16.6. The summed E-state index contributed by atoms with van der Waals surface area (Å²) < 4.78 is 8.30. The third-order valence-corrected chi connectivity index (χ3v) is 7.04. The van der Waals surface area contributed by atoms with Crippen molar-refractivity contribution in [2.24, 2.45) is 13.0 Å². The molecule has 3 heterocycles. The molecule has 38 heavy (non-hydrogen) atoms. The number of carbonyl (C=O) groups excluding carboxylic acids is 3. The maximum absolute atomic E-state index is 12.9. The summed E-state index contributed by atoms with van der Waals surface area (Å²) in [5.74, 6) is 6.15. The SMILES string of the molecule is Cn1c(=O)n(C2CCC(=O)NC2=O)c2ccc(C#CCCN3CCC(CNC(=O)OC(C)(C)C)CC3)cc21. The Morgan fingerprint density at radius 2 is 1.87 bits per heavy atom. The maximum Gasteiger partial charge on any atom is 0.407 e. The number of imide groups is 1. The van der Waals surface area contributed by atoms with Crippen molar-refractivity contribution in [2.45, 2.75) is 64.5 Å². The molecule has 1 aromatic heterocycles. The average Bonchev–Trinajstić information content (AvgIpc) is 3.10. The molecule has 2 aromatic rings. The van der Waals surface area contributed by atoms with E-state index in [0.29, 0.717) is 29.9 Å². The molecule has 1 aromatic carbocycles. The van der Waals surface area contributed by atoms with Gasteiger partial charge >= 0.3 is 11.8 Å². The van der Waals surface area contributed by atoms with Crippen LogP contribution in [0.1, 0.15) is 64.5 Å². The van der Waals surface area contributed by atoms with Crippen LogP contribution in [-0.4, -0.2) is 63.7 Å². The smallest absolute Gasteiger partial charge is 0.407 e. The van der Waals surface area contributed by atoms with E-state index in [0.717, 1.165) is 44.5 Å². The predicted molar refractivity (Wildman–Crippen MR) is 143 cm³/mol. The number of rotatable bonds is 5. The van der Waals surface area contributed by atoms with E-state index in [1.165, 1.54) is 9.13 Å². The Balaban J connectivity index is 1.29. The zero-order chi connectivity index (χ0) is 27.4. The van der Waals surface area contributed by atoms with E-state index in [4.69, 9.17) is 4.74 Å². The molecule has 0 saturated carbocycles. The number of nitrogens with one attached hydrogen (secondary N) is 2. The van der Waals surface area contributed by atoms with E-state index in [2.05, 4.69) is 27.4 Å². The minimum atomic E-state index is -0.696. The van der Waals surface area contributed by atoms with Gasteiger partial charge in [-0.15, -0.1) is 0 Å². The van der Waals surface area contributed by atoms with Crippen molar-refractivity contribution in [3.63, 3.8) is 0 Å². The first-order chi connectivity index (χ1) is 18.0. The van der Waals surface area contributed by atoms with Crippen LogP contribution in [-0.2, 0) is 21.4 Å². The topological polar surface area (TPSA) is 115 Å². The van der Waals surface area contributed by atoms with Crippen molar-refractivity contribution >= 4 is 28.9 Å². The molecular formula is C28H37N5O5. The van der Waals surface area contributed by atoms with E-state index in [1.807, 2.05) is 39.0 Å². The molecule has 0 radical (unpaired) electrons. The van der Waals surface area contributed by atoms with E-state index in [-0.39, 0.29) is 24.1 Å². The van der Waals surface area contributed by atoms with Gasteiger partial charge < -0.3 is 15.0 Å². The van der Waals surface area contributed by atoms with Gasteiger partial charge in [-0.2, -0.15) is 0 Å². The molecule has 4 rings (SSSR count). The second-order valence-corrected chi connectivity index (χ2v) is 11.1. The van der Waals surface area contributed by atoms with E-state index in [9.17, 15) is 19.2 Å². The van der Waals surface area contributed by atoms with Crippen molar-refractivity contribution in [3.8, 4) is 11.8 Å². The standard InChI is InChI=1S/C28H37N5O5/c1-28(2,3)38-26(36)29-18-20-12-15-32(16-13-20)14-6-5-7-19-8-9-21-23(17-19)31(4)27(37)33(21)22-10-11-24(34)30-25(22)35/h8-9,17,20,22H,6,10-16,18H2,1-4H3,(H,29,36)(H,30,34,35). The molecule has 10 nitrogen and oxygen atoms in total. The predicted octanol–water partition coefficient (Wildman–Crippen LogP) is 2.30. The fourth-order valence-corrected chi connectivity index (χ4v) is 5.01. The molecule has 3 amide bonds. The van der Waals surface area contributed by atoms with Crippen LogP contribution in [0.4, 0.5) is 4.79 Å². The zero-order valence-corrected chi connectivity index (χ0v) is 22.6. The molecule has 0 bridgehead atoms. The monoisotopic (exact) mass is 523 g/mol. The normalized spacial score (nSPS) is 19.1. The largest absolute Gasteiger partial charge is 0.444 e. The fraction of sp³-hybridized carbons (Fsp3) is 0.571. The van der Waals surface area contributed by atoms with Crippen molar-refractivity contribution in [2.75, 3.05) is 26.2 Å². The van der Waals surface area contributed by atoms with Gasteiger partial charge in [0.05, 0.1) is 11.0 Å². The lowest BCUT2D eigenvalue weighted by Crippen LogP contribution is -2.44. The molecule has 1 unspecified atom stereocenters. The highest BCUT2D eigenvalue weighted by Crippen LogP contribution is 2.23. The molecule has 2 fully saturated rings. The molecule has 2 N–H and O–H groups in total. The molecule has 2 aliphatic heterocycles. The Morgan fingerprint density at radius 3 is 2.55 bits per heavy atom. The van der Waals surface area contributed by atoms with Gasteiger partial charge in [-0.05, 0) is 77.2 Å². The Hall–Kier alpha value is -3.58. The van der Waals surface area contributed by atoms with Gasteiger partial charge in [0.1, 0.15) is 11.6 Å². The minimum absolute atomic E-state index is 0.212. The van der Waals surface area contributed by atoms with Gasteiger partial charge in [0, 0.05) is 38.5 Å². The molecule has 1 atom stereocenters. The number of nitrogens with zero attached hydrogens (tertiary/aromatic N) is 3. The summed E-state index contributed by atoms with van der Waals surface area (Å²) in [6.45, 7) is 9.04. The number of ether oxygens (including phenoxy) is 1. The Morgan fingerprint density at radius 1 is 1.13 bits per heavy atom. The summed E-state index contributed by atoms with van der Waals surface area (Å²) >= 11 is 0. The Labute approximate surface area is 222 Å². The number of carbonyl (C=O) groups is 3. The number of hydrogen-bond donors (Lipinski definition) is 2. The van der Waals surface area contributed by atoms with Crippen LogP contribution in [0, 0.1) is 17.8 Å². The number of alkyl carbamates (subject to hydrolysis) is 1. The summed E-state index contributed by atoms with van der Waals surface area (Å²) in [4.78, 5) is 51.0. The molecule has 2 saturated heterocycles. The fourth-order valence-electron chi connectivity index (χ4n) is 5.01. The molecule has 0 aliphatic carbocycles. The summed E-state index contributed by atoms with van der Waals surface area (Å²) in [5, 5.41) is 5.21. The van der Waals surface area contributed by atoms with Crippen LogP contribution in [0.5, 0.6) is 0 Å². The zero-order valence-electron chi connectivity index (χ0n) is 22.6. The first-order valence-corrected chi connectivity index (χ1v) is 13.2. The molecule has 204 valence electrons. The number of likely N-dealkylation sites (tertiary alicyclic amines) is 1. The maximum atomic E-state index is 12.9. The highest BCUT2D eigenvalue weighted by Gasteiger charge is 2.31. The first kappa shape index (κ1) is 27.5. The average molecular weight is 524 g/mol. The Kier molecular flexibility index (Phi) is 8.26. The van der Waals surface area contributed by atoms with Crippen LogP contribution in [0.2, 0.25) is 0 Å². The van der Waals surface area contributed by atoms with Gasteiger partial charge in [0.2, 0.25) is 11.8 Å². The summed E-state index contributed by atoms with van der Waals surface area (Å²) in [5.41, 5.74) is 1.39. The number of amides is 3. The number of benzene rings is 1. The van der Waals surface area contributed by atoms with Crippen LogP contribution in [0.25, 0.3) is 11.0 Å². The minimum Gasteiger partial charge on any atom is -0.444 e. The van der Waals surface area contributed by atoms with Crippen LogP contribution in [0.3, 0.4) is 0 Å². The summed E-state index contributed by atoms with van der Waals surface area (Å²) in [6.07, 6.45) is 2.94. The molecule has 2 aliphatic rings. The van der Waals surface area contributed by atoms with Gasteiger partial charge in [0.15, 0.2) is 0 Å². The number of hydrogen-bond acceptors (Lipinski definition) is 6. The first-order valence-electron chi connectivity index (χ1n) is 13.2. The van der Waals surface area contributed by atoms with Gasteiger partial charge in [-0.25, -0.2) is 9.59 Å². The summed E-state index contributed by atoms with van der Waals surface area (Å²) in [6, 6.07) is 4.86. The second-order valence-electron chi connectivity index (χ2n) is 11.1. The lowest BCUT2D eigenvalue weighted by Gasteiger charge is -2.31. The van der Waals surface area contributed by atoms with Gasteiger partial charge in [-0.1, -0.05) is 11.8 Å². The number of fused-ring (bicyclic) bond motifs is 1. The molecular weight excluding hydrogens is 486 g/mol. The number of piperidine rings is 2. The van der Waals surface area contributed by atoms with Crippen molar-refractivity contribution in [1.29, 1.82) is 0 Å². The lowest BCUT2D eigenvalue weighted by molar-refractivity contribution is -0.135. The quantitative estimate of drug-likeness (QED) is 0.459.